The number of ether oxygens (including phenoxy) is 3. The lowest BCUT2D eigenvalue weighted by molar-refractivity contribution is -0.147. The van der Waals surface area contributed by atoms with E-state index in [1.54, 1.807) is 18.2 Å². The predicted octanol–water partition coefficient (Wildman–Crippen LogP) is 3.31. The number of para-hydroxylation sites is 1. The van der Waals surface area contributed by atoms with Crippen molar-refractivity contribution in [1.82, 2.24) is 0 Å². The van der Waals surface area contributed by atoms with Crippen molar-refractivity contribution in [3.8, 4) is 17.2 Å². The van der Waals surface area contributed by atoms with E-state index in [0.29, 0.717) is 30.9 Å². The van der Waals surface area contributed by atoms with Crippen LogP contribution in [0.1, 0.15) is 12.8 Å². The molecule has 0 aliphatic rings. The van der Waals surface area contributed by atoms with Gasteiger partial charge in [0.2, 0.25) is 0 Å². The highest BCUT2D eigenvalue weighted by molar-refractivity contribution is 5.70. The Labute approximate surface area is 139 Å². The fraction of sp³-hybridized carbons (Fsp3) is 0.278. The first kappa shape index (κ1) is 17.7. The molecule has 2 aromatic rings. The number of unbranched alkanes of at least 4 members (excludes halogenated alkanes) is 1. The molecule has 0 saturated carbocycles. The van der Waals surface area contributed by atoms with Crippen molar-refractivity contribution >= 4 is 5.97 Å². The molecule has 0 aromatic heterocycles. The maximum absolute atomic E-state index is 14.0. The van der Waals surface area contributed by atoms with Gasteiger partial charge < -0.3 is 19.3 Å². The van der Waals surface area contributed by atoms with Gasteiger partial charge in [-0.3, -0.25) is 0 Å². The molecule has 0 unspecified atom stereocenters. The third kappa shape index (κ3) is 5.89. The molecule has 0 bridgehead atoms. The average Bonchev–Trinajstić information content (AvgIpc) is 2.60. The van der Waals surface area contributed by atoms with Crippen LogP contribution in [0.2, 0.25) is 0 Å². The highest BCUT2D eigenvalue weighted by Gasteiger charge is 2.06. The second-order valence-corrected chi connectivity index (χ2v) is 4.94. The van der Waals surface area contributed by atoms with Gasteiger partial charge in [0.1, 0.15) is 18.1 Å². The molecule has 0 saturated heterocycles. The summed E-state index contributed by atoms with van der Waals surface area (Å²) in [5.41, 5.74) is 0. The van der Waals surface area contributed by atoms with E-state index in [4.69, 9.17) is 19.3 Å². The normalized spacial score (nSPS) is 10.2. The molecule has 6 heteroatoms. The van der Waals surface area contributed by atoms with Gasteiger partial charge in [-0.15, -0.1) is 0 Å². The number of rotatable bonds is 9. The number of aliphatic hydroxyl groups is 1. The molecule has 0 fully saturated rings. The molecule has 0 amide bonds. The minimum Gasteiger partial charge on any atom is -0.491 e. The number of carbonyl (C=O) groups excluding carboxylic acids is 1. The van der Waals surface area contributed by atoms with Gasteiger partial charge in [-0.1, -0.05) is 18.2 Å². The zero-order valence-electron chi connectivity index (χ0n) is 13.1. The van der Waals surface area contributed by atoms with Crippen molar-refractivity contribution in [1.29, 1.82) is 0 Å². The van der Waals surface area contributed by atoms with Crippen LogP contribution in [-0.4, -0.2) is 30.9 Å². The van der Waals surface area contributed by atoms with E-state index in [9.17, 15) is 9.18 Å². The van der Waals surface area contributed by atoms with Gasteiger partial charge in [-0.25, -0.2) is 9.18 Å². The van der Waals surface area contributed by atoms with Crippen molar-refractivity contribution in [2.45, 2.75) is 12.8 Å². The SMILES string of the molecule is O=C(CO)OCCCCOc1ccc(Oc2ccccc2)cc1F. The van der Waals surface area contributed by atoms with Gasteiger partial charge in [-0.2, -0.15) is 0 Å². The van der Waals surface area contributed by atoms with Gasteiger partial charge in [-0.05, 0) is 37.1 Å². The van der Waals surface area contributed by atoms with E-state index < -0.39 is 18.4 Å². The minimum atomic E-state index is -0.657. The molecule has 24 heavy (non-hydrogen) atoms. The Kier molecular flexibility index (Phi) is 7.04. The molecule has 0 radical (unpaired) electrons. The monoisotopic (exact) mass is 334 g/mol. The number of hydrogen-bond acceptors (Lipinski definition) is 5. The van der Waals surface area contributed by atoms with Crippen LogP contribution in [0.5, 0.6) is 17.2 Å². The van der Waals surface area contributed by atoms with Gasteiger partial charge in [0, 0.05) is 6.07 Å². The lowest BCUT2D eigenvalue weighted by Gasteiger charge is -2.10. The summed E-state index contributed by atoms with van der Waals surface area (Å²) in [5, 5.41) is 8.48. The van der Waals surface area contributed by atoms with Crippen molar-refractivity contribution in [2.24, 2.45) is 0 Å². The van der Waals surface area contributed by atoms with E-state index in [2.05, 4.69) is 0 Å². The topological polar surface area (TPSA) is 65.0 Å². The molecule has 128 valence electrons. The summed E-state index contributed by atoms with van der Waals surface area (Å²) in [6.07, 6.45) is 1.17. The van der Waals surface area contributed by atoms with Crippen LogP contribution in [0, 0.1) is 5.82 Å². The third-order valence-electron chi connectivity index (χ3n) is 3.07. The van der Waals surface area contributed by atoms with Crippen LogP contribution in [-0.2, 0) is 9.53 Å². The third-order valence-corrected chi connectivity index (χ3v) is 3.07. The quantitative estimate of drug-likeness (QED) is 0.563. The van der Waals surface area contributed by atoms with Crippen LogP contribution in [0.15, 0.2) is 48.5 Å². The van der Waals surface area contributed by atoms with Gasteiger partial charge >= 0.3 is 5.97 Å². The van der Waals surface area contributed by atoms with E-state index in [0.717, 1.165) is 0 Å². The van der Waals surface area contributed by atoms with Crippen LogP contribution in [0.25, 0.3) is 0 Å². The van der Waals surface area contributed by atoms with Crippen molar-refractivity contribution < 1.29 is 28.5 Å². The van der Waals surface area contributed by atoms with Crippen LogP contribution < -0.4 is 9.47 Å². The lowest BCUT2D eigenvalue weighted by atomic mass is 10.3. The van der Waals surface area contributed by atoms with E-state index in [1.807, 2.05) is 18.2 Å². The predicted molar refractivity (Wildman–Crippen MR) is 85.7 cm³/mol. The van der Waals surface area contributed by atoms with E-state index in [1.165, 1.54) is 12.1 Å². The second kappa shape index (κ2) is 9.52. The summed E-state index contributed by atoms with van der Waals surface area (Å²) in [5.74, 6) is -0.00108. The molecular weight excluding hydrogens is 315 g/mol. The summed E-state index contributed by atoms with van der Waals surface area (Å²) in [6.45, 7) is -0.124. The highest BCUT2D eigenvalue weighted by Crippen LogP contribution is 2.26. The Hall–Kier alpha value is -2.60. The Morgan fingerprint density at radius 1 is 1.00 bits per heavy atom. The maximum Gasteiger partial charge on any atom is 0.331 e. The van der Waals surface area contributed by atoms with Crippen molar-refractivity contribution in [3.05, 3.63) is 54.3 Å². The molecule has 2 rings (SSSR count). The number of esters is 1. The first-order chi connectivity index (χ1) is 11.7. The summed E-state index contributed by atoms with van der Waals surface area (Å²) in [4.78, 5) is 10.7. The smallest absolute Gasteiger partial charge is 0.331 e. The Morgan fingerprint density at radius 2 is 1.75 bits per heavy atom. The molecule has 0 atom stereocenters. The second-order valence-electron chi connectivity index (χ2n) is 4.94. The number of benzene rings is 2. The van der Waals surface area contributed by atoms with Crippen molar-refractivity contribution in [2.75, 3.05) is 19.8 Å². The van der Waals surface area contributed by atoms with Crippen molar-refractivity contribution in [3.63, 3.8) is 0 Å². The Morgan fingerprint density at radius 3 is 2.46 bits per heavy atom. The Bertz CT molecular complexity index is 645. The van der Waals surface area contributed by atoms with Gasteiger partial charge in [0.05, 0.1) is 13.2 Å². The van der Waals surface area contributed by atoms with E-state index >= 15 is 0 Å². The Balaban J connectivity index is 1.75. The minimum absolute atomic E-state index is 0.141. The van der Waals surface area contributed by atoms with E-state index in [-0.39, 0.29) is 12.4 Å². The maximum atomic E-state index is 14.0. The van der Waals surface area contributed by atoms with Crippen LogP contribution in [0.3, 0.4) is 0 Å². The summed E-state index contributed by atoms with van der Waals surface area (Å²) in [7, 11) is 0. The highest BCUT2D eigenvalue weighted by atomic mass is 19.1. The molecule has 0 aliphatic carbocycles. The summed E-state index contributed by atoms with van der Waals surface area (Å²) < 4.78 is 29.6. The molecule has 1 N–H and O–H groups in total. The molecule has 0 heterocycles. The molecule has 0 spiro atoms. The largest absolute Gasteiger partial charge is 0.491 e. The fourth-order valence-corrected chi connectivity index (χ4v) is 1.90. The van der Waals surface area contributed by atoms with Crippen LogP contribution >= 0.6 is 0 Å². The first-order valence-electron chi connectivity index (χ1n) is 7.61. The zero-order valence-corrected chi connectivity index (χ0v) is 13.1. The number of carbonyl (C=O) groups is 1. The standard InChI is InChI=1S/C18H19FO5/c19-16-12-15(24-14-6-2-1-3-7-14)8-9-17(16)22-10-4-5-11-23-18(21)13-20/h1-3,6-9,12,20H,4-5,10-11,13H2. The zero-order chi connectivity index (χ0) is 17.2. The fourth-order valence-electron chi connectivity index (χ4n) is 1.90. The van der Waals surface area contributed by atoms with Crippen LogP contribution in [0.4, 0.5) is 4.39 Å². The summed E-state index contributed by atoms with van der Waals surface area (Å²) in [6, 6.07) is 13.5. The summed E-state index contributed by atoms with van der Waals surface area (Å²) >= 11 is 0. The molecule has 2 aromatic carbocycles. The molecular formula is C18H19FO5. The lowest BCUT2D eigenvalue weighted by Crippen LogP contribution is -2.10. The first-order valence-corrected chi connectivity index (χ1v) is 7.61. The van der Waals surface area contributed by atoms with Gasteiger partial charge in [0.15, 0.2) is 11.6 Å². The van der Waals surface area contributed by atoms with Gasteiger partial charge in [0.25, 0.3) is 0 Å². The number of aliphatic hydroxyl groups excluding tert-OH is 1. The number of hydrogen-bond donors (Lipinski definition) is 1. The number of halogens is 1. The molecule has 0 aliphatic heterocycles. The average molecular weight is 334 g/mol. The molecule has 5 nitrogen and oxygen atoms in total.